The number of hydrogen-bond donors (Lipinski definition) is 1. The van der Waals surface area contributed by atoms with Crippen molar-refractivity contribution in [1.29, 1.82) is 0 Å². The smallest absolute Gasteiger partial charge is 0.0355 e. The van der Waals surface area contributed by atoms with E-state index in [-0.39, 0.29) is 0 Å². The van der Waals surface area contributed by atoms with Gasteiger partial charge in [0, 0.05) is 31.5 Å². The SMILES string of the molecule is CNC(c1ccn(CCN(C)C)c1)C(C)C. The molecule has 1 unspecified atom stereocenters. The van der Waals surface area contributed by atoms with E-state index < -0.39 is 0 Å². The molecular weight excluding hydrogens is 198 g/mol. The molecule has 1 N–H and O–H groups in total. The number of hydrogen-bond acceptors (Lipinski definition) is 2. The second-order valence-corrected chi connectivity index (χ2v) is 5.00. The van der Waals surface area contributed by atoms with E-state index in [0.717, 1.165) is 13.1 Å². The third-order valence-electron chi connectivity index (χ3n) is 2.92. The maximum Gasteiger partial charge on any atom is 0.0355 e. The molecule has 0 aliphatic heterocycles. The van der Waals surface area contributed by atoms with E-state index in [1.165, 1.54) is 5.56 Å². The Morgan fingerprint density at radius 3 is 2.56 bits per heavy atom. The maximum atomic E-state index is 3.37. The molecule has 0 saturated carbocycles. The van der Waals surface area contributed by atoms with Crippen LogP contribution in [0.25, 0.3) is 0 Å². The second kappa shape index (κ2) is 6.06. The minimum atomic E-state index is 0.459. The minimum Gasteiger partial charge on any atom is -0.353 e. The van der Waals surface area contributed by atoms with Crippen LogP contribution in [0.2, 0.25) is 0 Å². The van der Waals surface area contributed by atoms with Crippen LogP contribution in [0.3, 0.4) is 0 Å². The fourth-order valence-electron chi connectivity index (χ4n) is 1.98. The van der Waals surface area contributed by atoms with Crippen molar-refractivity contribution < 1.29 is 0 Å². The van der Waals surface area contributed by atoms with Gasteiger partial charge in [-0.15, -0.1) is 0 Å². The van der Waals surface area contributed by atoms with Gasteiger partial charge in [-0.25, -0.2) is 0 Å². The van der Waals surface area contributed by atoms with Gasteiger partial charge in [0.25, 0.3) is 0 Å². The van der Waals surface area contributed by atoms with Crippen molar-refractivity contribution in [3.8, 4) is 0 Å². The van der Waals surface area contributed by atoms with E-state index in [1.807, 2.05) is 7.05 Å². The van der Waals surface area contributed by atoms with E-state index >= 15 is 0 Å². The summed E-state index contributed by atoms with van der Waals surface area (Å²) in [5.41, 5.74) is 1.39. The Labute approximate surface area is 99.4 Å². The summed E-state index contributed by atoms with van der Waals surface area (Å²) in [6, 6.07) is 2.68. The summed E-state index contributed by atoms with van der Waals surface area (Å²) in [5, 5.41) is 3.37. The molecule has 3 nitrogen and oxygen atoms in total. The molecule has 3 heteroatoms. The summed E-state index contributed by atoms with van der Waals surface area (Å²) in [6.07, 6.45) is 4.43. The minimum absolute atomic E-state index is 0.459. The molecule has 16 heavy (non-hydrogen) atoms. The van der Waals surface area contributed by atoms with Gasteiger partial charge in [-0.2, -0.15) is 0 Å². The van der Waals surface area contributed by atoms with Crippen LogP contribution in [0.5, 0.6) is 0 Å². The van der Waals surface area contributed by atoms with E-state index in [4.69, 9.17) is 0 Å². The molecule has 0 bridgehead atoms. The largest absolute Gasteiger partial charge is 0.353 e. The molecule has 1 aromatic rings. The lowest BCUT2D eigenvalue weighted by atomic mass is 9.99. The van der Waals surface area contributed by atoms with Gasteiger partial charge in [0.2, 0.25) is 0 Å². The first-order chi connectivity index (χ1) is 7.54. The Bertz CT molecular complexity index is 302. The Morgan fingerprint density at radius 1 is 1.38 bits per heavy atom. The molecule has 1 heterocycles. The maximum absolute atomic E-state index is 3.37. The monoisotopic (exact) mass is 223 g/mol. The van der Waals surface area contributed by atoms with Crippen LogP contribution in [0.1, 0.15) is 25.5 Å². The predicted octanol–water partition coefficient (Wildman–Crippen LogP) is 1.97. The van der Waals surface area contributed by atoms with Gasteiger partial charge < -0.3 is 14.8 Å². The van der Waals surface area contributed by atoms with E-state index in [9.17, 15) is 0 Å². The van der Waals surface area contributed by atoms with E-state index in [2.05, 4.69) is 61.2 Å². The first-order valence-electron chi connectivity index (χ1n) is 6.02. The summed E-state index contributed by atoms with van der Waals surface area (Å²) in [7, 11) is 6.24. The Hall–Kier alpha value is -0.800. The second-order valence-electron chi connectivity index (χ2n) is 5.00. The number of nitrogens with one attached hydrogen (secondary N) is 1. The summed E-state index contributed by atoms with van der Waals surface area (Å²) in [4.78, 5) is 2.21. The molecule has 1 rings (SSSR count). The van der Waals surface area contributed by atoms with Gasteiger partial charge in [-0.1, -0.05) is 13.8 Å². The zero-order chi connectivity index (χ0) is 12.1. The average molecular weight is 223 g/mol. The molecular formula is C13H25N3. The van der Waals surface area contributed by atoms with Crippen molar-refractivity contribution in [3.05, 3.63) is 24.0 Å². The van der Waals surface area contributed by atoms with Crippen LogP contribution < -0.4 is 5.32 Å². The lowest BCUT2D eigenvalue weighted by Gasteiger charge is -2.19. The average Bonchev–Trinajstić information content (AvgIpc) is 2.64. The van der Waals surface area contributed by atoms with Crippen LogP contribution >= 0.6 is 0 Å². The van der Waals surface area contributed by atoms with E-state index in [1.54, 1.807) is 0 Å². The van der Waals surface area contributed by atoms with Crippen LogP contribution in [-0.2, 0) is 6.54 Å². The standard InChI is InChI=1S/C13H25N3/c1-11(2)13(14-3)12-6-7-16(10-12)9-8-15(4)5/h6-7,10-11,13-14H,8-9H2,1-5H3. The normalized spacial score (nSPS) is 13.7. The summed E-state index contributed by atoms with van der Waals surface area (Å²) < 4.78 is 2.27. The third-order valence-corrected chi connectivity index (χ3v) is 2.92. The van der Waals surface area contributed by atoms with Crippen LogP contribution in [0.15, 0.2) is 18.5 Å². The number of likely N-dealkylation sites (N-methyl/N-ethyl adjacent to an activating group) is 1. The highest BCUT2D eigenvalue weighted by molar-refractivity contribution is 5.16. The van der Waals surface area contributed by atoms with Gasteiger partial charge in [-0.05, 0) is 38.7 Å². The molecule has 0 aliphatic rings. The number of rotatable bonds is 6. The highest BCUT2D eigenvalue weighted by Crippen LogP contribution is 2.21. The Balaban J connectivity index is 2.62. The van der Waals surface area contributed by atoms with E-state index in [0.29, 0.717) is 12.0 Å². The van der Waals surface area contributed by atoms with Crippen molar-refractivity contribution in [3.63, 3.8) is 0 Å². The first-order valence-corrected chi connectivity index (χ1v) is 6.02. The molecule has 0 spiro atoms. The van der Waals surface area contributed by atoms with Crippen molar-refractivity contribution in [1.82, 2.24) is 14.8 Å². The molecule has 0 amide bonds. The topological polar surface area (TPSA) is 20.2 Å². The number of nitrogens with zero attached hydrogens (tertiary/aromatic N) is 2. The predicted molar refractivity (Wildman–Crippen MR) is 69.6 cm³/mol. The van der Waals surface area contributed by atoms with Crippen molar-refractivity contribution in [2.24, 2.45) is 5.92 Å². The molecule has 0 radical (unpaired) electrons. The number of aromatic nitrogens is 1. The van der Waals surface area contributed by atoms with Gasteiger partial charge in [0.1, 0.15) is 0 Å². The Morgan fingerprint density at radius 2 is 2.06 bits per heavy atom. The first kappa shape index (κ1) is 13.3. The molecule has 92 valence electrons. The lowest BCUT2D eigenvalue weighted by molar-refractivity contribution is 0.383. The van der Waals surface area contributed by atoms with Crippen LogP contribution in [0.4, 0.5) is 0 Å². The van der Waals surface area contributed by atoms with Crippen molar-refractivity contribution in [2.75, 3.05) is 27.7 Å². The lowest BCUT2D eigenvalue weighted by Crippen LogP contribution is -2.21. The molecule has 1 atom stereocenters. The zero-order valence-corrected chi connectivity index (χ0v) is 11.2. The van der Waals surface area contributed by atoms with Crippen LogP contribution in [0, 0.1) is 5.92 Å². The van der Waals surface area contributed by atoms with Gasteiger partial charge in [-0.3, -0.25) is 0 Å². The molecule has 0 aliphatic carbocycles. The zero-order valence-electron chi connectivity index (χ0n) is 11.2. The highest BCUT2D eigenvalue weighted by Gasteiger charge is 2.14. The van der Waals surface area contributed by atoms with Crippen molar-refractivity contribution >= 4 is 0 Å². The Kier molecular flexibility index (Phi) is 5.03. The van der Waals surface area contributed by atoms with Gasteiger partial charge in [0.15, 0.2) is 0 Å². The molecule has 0 saturated heterocycles. The molecule has 1 aromatic heterocycles. The molecule has 0 fully saturated rings. The fraction of sp³-hybridized carbons (Fsp3) is 0.692. The quantitative estimate of drug-likeness (QED) is 0.795. The van der Waals surface area contributed by atoms with Crippen LogP contribution in [-0.4, -0.2) is 37.2 Å². The van der Waals surface area contributed by atoms with Gasteiger partial charge >= 0.3 is 0 Å². The summed E-state index contributed by atoms with van der Waals surface area (Å²) in [5.74, 6) is 0.620. The summed E-state index contributed by atoms with van der Waals surface area (Å²) in [6.45, 7) is 6.64. The third kappa shape index (κ3) is 3.65. The van der Waals surface area contributed by atoms with Crippen molar-refractivity contribution in [2.45, 2.75) is 26.4 Å². The highest BCUT2D eigenvalue weighted by atomic mass is 15.1. The fourth-order valence-corrected chi connectivity index (χ4v) is 1.98. The summed E-state index contributed by atoms with van der Waals surface area (Å²) >= 11 is 0. The van der Waals surface area contributed by atoms with Gasteiger partial charge in [0.05, 0.1) is 0 Å². The molecule has 0 aromatic carbocycles.